The van der Waals surface area contributed by atoms with Crippen molar-refractivity contribution in [2.75, 3.05) is 32.8 Å². The molecule has 27 heavy (non-hydrogen) atoms. The summed E-state index contributed by atoms with van der Waals surface area (Å²) in [4.78, 5) is 16.3. The number of morpholine rings is 1. The Labute approximate surface area is 163 Å². The van der Waals surface area contributed by atoms with E-state index in [4.69, 9.17) is 4.74 Å². The van der Waals surface area contributed by atoms with E-state index in [1.165, 1.54) is 21.3 Å². The van der Waals surface area contributed by atoms with Gasteiger partial charge in [-0.25, -0.2) is 8.42 Å². The van der Waals surface area contributed by atoms with Crippen molar-refractivity contribution >= 4 is 27.3 Å². The number of benzene rings is 1. The number of hydrogen-bond donors (Lipinski definition) is 0. The monoisotopic (exact) mass is 406 g/mol. The van der Waals surface area contributed by atoms with Crippen LogP contribution in [-0.4, -0.2) is 56.4 Å². The normalized spacial score (nSPS) is 21.5. The summed E-state index contributed by atoms with van der Waals surface area (Å²) >= 11 is 1.67. The molecule has 0 spiro atoms. The molecule has 0 saturated carbocycles. The topological polar surface area (TPSA) is 66.9 Å². The molecule has 0 bridgehead atoms. The van der Waals surface area contributed by atoms with Crippen molar-refractivity contribution in [1.29, 1.82) is 0 Å². The van der Waals surface area contributed by atoms with Gasteiger partial charge in [-0.05, 0) is 48.6 Å². The summed E-state index contributed by atoms with van der Waals surface area (Å²) in [6, 6.07) is 10.5. The SMILES string of the molecule is O=C(c1ccc(S(=O)(=O)N2CCOCC2)cc1)N1CCC[C@H]1c1cccs1. The molecule has 8 heteroatoms. The van der Waals surface area contributed by atoms with Crippen LogP contribution in [0.1, 0.15) is 34.1 Å². The maximum atomic E-state index is 13.0. The van der Waals surface area contributed by atoms with E-state index in [0.29, 0.717) is 31.9 Å². The largest absolute Gasteiger partial charge is 0.379 e. The highest BCUT2D eigenvalue weighted by Crippen LogP contribution is 2.35. The van der Waals surface area contributed by atoms with E-state index in [-0.39, 0.29) is 16.8 Å². The average molecular weight is 407 g/mol. The molecule has 1 amide bonds. The molecule has 2 aromatic rings. The van der Waals surface area contributed by atoms with Crippen molar-refractivity contribution in [3.05, 3.63) is 52.2 Å². The average Bonchev–Trinajstić information content (AvgIpc) is 3.39. The van der Waals surface area contributed by atoms with Crippen LogP contribution in [0.4, 0.5) is 0 Å². The molecule has 4 rings (SSSR count). The Morgan fingerprint density at radius 1 is 1.07 bits per heavy atom. The Kier molecular flexibility index (Phi) is 5.32. The molecule has 1 aromatic heterocycles. The van der Waals surface area contributed by atoms with Gasteiger partial charge in [0.2, 0.25) is 10.0 Å². The standard InChI is InChI=1S/C19H22N2O4S2/c22-19(21-9-1-3-17(21)18-4-2-14-26-18)15-5-7-16(8-6-15)27(23,24)20-10-12-25-13-11-20/h2,4-8,14,17H,1,3,9-13H2/t17-/m0/s1. The molecule has 0 aliphatic carbocycles. The highest BCUT2D eigenvalue weighted by atomic mass is 32.2. The van der Waals surface area contributed by atoms with Crippen LogP contribution >= 0.6 is 11.3 Å². The van der Waals surface area contributed by atoms with Gasteiger partial charge >= 0.3 is 0 Å². The van der Waals surface area contributed by atoms with Gasteiger partial charge in [-0.1, -0.05) is 6.07 Å². The second-order valence-corrected chi connectivity index (χ2v) is 9.63. The molecule has 2 saturated heterocycles. The minimum atomic E-state index is -3.54. The van der Waals surface area contributed by atoms with E-state index >= 15 is 0 Å². The highest BCUT2D eigenvalue weighted by molar-refractivity contribution is 7.89. The first kappa shape index (κ1) is 18.6. The smallest absolute Gasteiger partial charge is 0.254 e. The van der Waals surface area contributed by atoms with Gasteiger partial charge in [0, 0.05) is 30.1 Å². The van der Waals surface area contributed by atoms with Crippen LogP contribution < -0.4 is 0 Å². The third kappa shape index (κ3) is 3.67. The van der Waals surface area contributed by atoms with Crippen molar-refractivity contribution in [2.45, 2.75) is 23.8 Å². The van der Waals surface area contributed by atoms with Crippen LogP contribution in [0, 0.1) is 0 Å². The highest BCUT2D eigenvalue weighted by Gasteiger charge is 2.32. The van der Waals surface area contributed by atoms with E-state index < -0.39 is 10.0 Å². The molecular weight excluding hydrogens is 384 g/mol. The van der Waals surface area contributed by atoms with Crippen molar-refractivity contribution < 1.29 is 17.9 Å². The first-order valence-electron chi connectivity index (χ1n) is 9.10. The number of thiophene rings is 1. The molecule has 2 aliphatic rings. The summed E-state index contributed by atoms with van der Waals surface area (Å²) in [7, 11) is -3.54. The summed E-state index contributed by atoms with van der Waals surface area (Å²) in [5.41, 5.74) is 0.527. The van der Waals surface area contributed by atoms with Gasteiger partial charge in [-0.2, -0.15) is 4.31 Å². The van der Waals surface area contributed by atoms with Crippen molar-refractivity contribution in [1.82, 2.24) is 9.21 Å². The lowest BCUT2D eigenvalue weighted by Gasteiger charge is -2.26. The number of nitrogens with zero attached hydrogens (tertiary/aromatic N) is 2. The van der Waals surface area contributed by atoms with Gasteiger partial charge in [0.1, 0.15) is 0 Å². The van der Waals surface area contributed by atoms with E-state index in [1.54, 1.807) is 23.5 Å². The Bertz CT molecular complexity index is 888. The number of ether oxygens (including phenoxy) is 1. The van der Waals surface area contributed by atoms with Crippen molar-refractivity contribution in [3.8, 4) is 0 Å². The first-order chi connectivity index (χ1) is 13.1. The molecule has 0 N–H and O–H groups in total. The quantitative estimate of drug-likeness (QED) is 0.783. The van der Waals surface area contributed by atoms with Gasteiger partial charge in [0.05, 0.1) is 24.2 Å². The lowest BCUT2D eigenvalue weighted by Crippen LogP contribution is -2.40. The zero-order valence-electron chi connectivity index (χ0n) is 14.9. The lowest BCUT2D eigenvalue weighted by molar-refractivity contribution is 0.0730. The summed E-state index contributed by atoms with van der Waals surface area (Å²) in [6.07, 6.45) is 1.95. The zero-order chi connectivity index (χ0) is 18.9. The van der Waals surface area contributed by atoms with Crippen LogP contribution in [0.3, 0.4) is 0 Å². The molecule has 0 radical (unpaired) electrons. The van der Waals surface area contributed by atoms with E-state index in [1.807, 2.05) is 16.3 Å². The number of carbonyl (C=O) groups excluding carboxylic acids is 1. The fourth-order valence-corrected chi connectivity index (χ4v) is 5.94. The van der Waals surface area contributed by atoms with Gasteiger partial charge in [-0.15, -0.1) is 11.3 Å². The number of hydrogen-bond acceptors (Lipinski definition) is 5. The Morgan fingerprint density at radius 2 is 1.81 bits per heavy atom. The molecule has 0 unspecified atom stereocenters. The van der Waals surface area contributed by atoms with Crippen molar-refractivity contribution in [2.24, 2.45) is 0 Å². The predicted octanol–water partition coefficient (Wildman–Crippen LogP) is 2.75. The van der Waals surface area contributed by atoms with Crippen LogP contribution in [0.25, 0.3) is 0 Å². The fourth-order valence-electron chi connectivity index (χ4n) is 3.66. The third-order valence-electron chi connectivity index (χ3n) is 5.09. The number of carbonyl (C=O) groups is 1. The minimum absolute atomic E-state index is 0.0405. The number of rotatable bonds is 4. The fraction of sp³-hybridized carbons (Fsp3) is 0.421. The molecule has 2 fully saturated rings. The van der Waals surface area contributed by atoms with Gasteiger partial charge in [0.25, 0.3) is 5.91 Å². The first-order valence-corrected chi connectivity index (χ1v) is 11.4. The molecule has 3 heterocycles. The number of sulfonamides is 1. The van der Waals surface area contributed by atoms with Gasteiger partial charge in [-0.3, -0.25) is 4.79 Å². The Hall–Kier alpha value is -1.74. The zero-order valence-corrected chi connectivity index (χ0v) is 16.5. The summed E-state index contributed by atoms with van der Waals surface area (Å²) in [5, 5.41) is 2.03. The maximum absolute atomic E-state index is 13.0. The molecule has 6 nitrogen and oxygen atoms in total. The second-order valence-electron chi connectivity index (χ2n) is 6.71. The minimum Gasteiger partial charge on any atom is -0.379 e. The summed E-state index contributed by atoms with van der Waals surface area (Å²) in [5.74, 6) is -0.0405. The van der Waals surface area contributed by atoms with Crippen LogP contribution in [0.5, 0.6) is 0 Å². The van der Waals surface area contributed by atoms with Crippen LogP contribution in [0.15, 0.2) is 46.7 Å². The van der Waals surface area contributed by atoms with E-state index in [0.717, 1.165) is 19.4 Å². The summed E-state index contributed by atoms with van der Waals surface area (Å²) in [6.45, 7) is 2.28. The lowest BCUT2D eigenvalue weighted by atomic mass is 10.1. The van der Waals surface area contributed by atoms with E-state index in [2.05, 4.69) is 6.07 Å². The molecular formula is C19H22N2O4S2. The van der Waals surface area contributed by atoms with Crippen molar-refractivity contribution in [3.63, 3.8) is 0 Å². The predicted molar refractivity (Wildman–Crippen MR) is 103 cm³/mol. The maximum Gasteiger partial charge on any atom is 0.254 e. The van der Waals surface area contributed by atoms with Gasteiger partial charge < -0.3 is 9.64 Å². The van der Waals surface area contributed by atoms with Gasteiger partial charge in [0.15, 0.2) is 0 Å². The van der Waals surface area contributed by atoms with Crippen LogP contribution in [0.2, 0.25) is 0 Å². The Morgan fingerprint density at radius 3 is 2.48 bits per heavy atom. The third-order valence-corrected chi connectivity index (χ3v) is 7.98. The Balaban J connectivity index is 1.52. The second kappa shape index (κ2) is 7.71. The van der Waals surface area contributed by atoms with E-state index in [9.17, 15) is 13.2 Å². The molecule has 144 valence electrons. The number of amides is 1. The molecule has 2 aliphatic heterocycles. The molecule has 1 atom stereocenters. The summed E-state index contributed by atoms with van der Waals surface area (Å²) < 4.78 is 32.1. The number of likely N-dealkylation sites (tertiary alicyclic amines) is 1. The molecule has 1 aromatic carbocycles. The van der Waals surface area contributed by atoms with Crippen LogP contribution in [-0.2, 0) is 14.8 Å².